The summed E-state index contributed by atoms with van der Waals surface area (Å²) in [5, 5.41) is 13.1. The first kappa shape index (κ1) is 20.4. The zero-order valence-corrected chi connectivity index (χ0v) is 15.9. The van der Waals surface area contributed by atoms with Crippen LogP contribution in [0.25, 0.3) is 0 Å². The molecule has 3 N–H and O–H groups in total. The molecule has 1 aromatic heterocycles. The predicted octanol–water partition coefficient (Wildman–Crippen LogP) is 2.25. The van der Waals surface area contributed by atoms with Crippen molar-refractivity contribution in [3.05, 3.63) is 45.4 Å². The molecule has 0 radical (unpaired) electrons. The number of aromatic nitrogens is 2. The van der Waals surface area contributed by atoms with E-state index in [1.165, 1.54) is 0 Å². The van der Waals surface area contributed by atoms with Crippen LogP contribution in [0.2, 0.25) is 0 Å². The van der Waals surface area contributed by atoms with Crippen LogP contribution in [0.3, 0.4) is 0 Å². The molecule has 0 spiro atoms. The number of hydrazone groups is 1. The number of aryl methyl sites for hydroxylation is 1. The molecule has 0 aliphatic heterocycles. The number of aliphatic hydroxyl groups excluding tert-OH is 1. The minimum Gasteiger partial charge on any atom is -0.490 e. The van der Waals surface area contributed by atoms with Crippen LogP contribution in [-0.2, 0) is 6.42 Å². The van der Waals surface area contributed by atoms with Gasteiger partial charge in [0, 0.05) is 18.6 Å². The Morgan fingerprint density at radius 2 is 2.11 bits per heavy atom. The van der Waals surface area contributed by atoms with E-state index in [2.05, 4.69) is 20.5 Å². The summed E-state index contributed by atoms with van der Waals surface area (Å²) in [6.07, 6.45) is 2.79. The second kappa shape index (κ2) is 10.3. The summed E-state index contributed by atoms with van der Waals surface area (Å²) < 4.78 is 11.3. The zero-order chi connectivity index (χ0) is 19.6. The molecule has 0 amide bonds. The third-order valence-electron chi connectivity index (χ3n) is 3.70. The van der Waals surface area contributed by atoms with Gasteiger partial charge in [0.2, 0.25) is 5.95 Å². The lowest BCUT2D eigenvalue weighted by Crippen LogP contribution is -2.19. The lowest BCUT2D eigenvalue weighted by molar-refractivity contribution is 0.277. The number of aromatic amines is 1. The van der Waals surface area contributed by atoms with Gasteiger partial charge in [0.1, 0.15) is 0 Å². The Hall–Kier alpha value is -2.87. The number of rotatable bonds is 10. The lowest BCUT2D eigenvalue weighted by atomic mass is 10.2. The first-order valence-electron chi connectivity index (χ1n) is 8.98. The molecular formula is C19H26N4O4. The largest absolute Gasteiger partial charge is 0.490 e. The molecule has 0 fully saturated rings. The van der Waals surface area contributed by atoms with Gasteiger partial charge in [-0.2, -0.15) is 5.10 Å². The third kappa shape index (κ3) is 5.82. The van der Waals surface area contributed by atoms with Crippen molar-refractivity contribution >= 4 is 12.2 Å². The summed E-state index contributed by atoms with van der Waals surface area (Å²) in [6.45, 7) is 6.74. The summed E-state index contributed by atoms with van der Waals surface area (Å²) in [6, 6.07) is 5.55. The number of nitrogens with zero attached hydrogens (tertiary/aromatic N) is 2. The van der Waals surface area contributed by atoms with Crippen molar-refractivity contribution < 1.29 is 14.6 Å². The van der Waals surface area contributed by atoms with E-state index in [1.54, 1.807) is 13.1 Å². The van der Waals surface area contributed by atoms with Crippen molar-refractivity contribution in [3.8, 4) is 11.5 Å². The Labute approximate surface area is 158 Å². The number of nitrogens with one attached hydrogen (secondary N) is 2. The predicted molar refractivity (Wildman–Crippen MR) is 105 cm³/mol. The van der Waals surface area contributed by atoms with Gasteiger partial charge in [0.05, 0.1) is 25.1 Å². The van der Waals surface area contributed by atoms with Gasteiger partial charge in [0.15, 0.2) is 11.5 Å². The summed E-state index contributed by atoms with van der Waals surface area (Å²) in [5.41, 5.74) is 4.26. The van der Waals surface area contributed by atoms with Gasteiger partial charge in [-0.15, -0.1) is 0 Å². The summed E-state index contributed by atoms with van der Waals surface area (Å²) >= 11 is 0. The highest BCUT2D eigenvalue weighted by atomic mass is 16.5. The number of H-pyrrole nitrogens is 1. The second-order valence-electron chi connectivity index (χ2n) is 5.81. The van der Waals surface area contributed by atoms with Gasteiger partial charge in [-0.3, -0.25) is 9.78 Å². The molecule has 0 aliphatic rings. The zero-order valence-electron chi connectivity index (χ0n) is 15.9. The standard InChI is InChI=1S/C19H26N4O4/c1-4-10-27-16-7-6-14(11-17(16)26-5-2)12-20-23-19-21-13(3)15(8-9-24)18(25)22-19/h6-7,11-12,24H,4-5,8-10H2,1-3H3,(H2,21,22,23,25)/b20-12-. The second-order valence-corrected chi connectivity index (χ2v) is 5.81. The molecular weight excluding hydrogens is 348 g/mol. The van der Waals surface area contributed by atoms with Gasteiger partial charge < -0.3 is 14.6 Å². The molecule has 146 valence electrons. The maximum Gasteiger partial charge on any atom is 0.255 e. The molecule has 0 saturated carbocycles. The number of benzene rings is 1. The Kier molecular flexibility index (Phi) is 7.81. The molecule has 2 aromatic rings. The summed E-state index contributed by atoms with van der Waals surface area (Å²) in [4.78, 5) is 18.8. The van der Waals surface area contributed by atoms with Crippen LogP contribution in [-0.4, -0.2) is 41.1 Å². The van der Waals surface area contributed by atoms with E-state index in [-0.39, 0.29) is 24.5 Å². The van der Waals surface area contributed by atoms with E-state index in [0.717, 1.165) is 12.0 Å². The Morgan fingerprint density at radius 1 is 1.30 bits per heavy atom. The summed E-state index contributed by atoms with van der Waals surface area (Å²) in [7, 11) is 0. The maximum atomic E-state index is 12.0. The van der Waals surface area contributed by atoms with Crippen LogP contribution >= 0.6 is 0 Å². The minimum atomic E-state index is -0.287. The van der Waals surface area contributed by atoms with Crippen LogP contribution in [0, 0.1) is 6.92 Å². The molecule has 0 aliphatic carbocycles. The maximum absolute atomic E-state index is 12.0. The molecule has 0 saturated heterocycles. The molecule has 0 unspecified atom stereocenters. The quantitative estimate of drug-likeness (QED) is 0.435. The number of ether oxygens (including phenoxy) is 2. The molecule has 2 rings (SSSR count). The van der Waals surface area contributed by atoms with E-state index >= 15 is 0 Å². The van der Waals surface area contributed by atoms with Crippen LogP contribution in [0.1, 0.15) is 37.1 Å². The average Bonchev–Trinajstić information content (AvgIpc) is 2.64. The minimum absolute atomic E-state index is 0.101. The van der Waals surface area contributed by atoms with E-state index in [1.807, 2.05) is 32.0 Å². The SMILES string of the molecule is CCCOc1ccc(/C=N\Nc2nc(C)c(CCO)c(=O)[nH]2)cc1OCC. The Bertz CT molecular complexity index is 833. The summed E-state index contributed by atoms with van der Waals surface area (Å²) in [5.74, 6) is 1.60. The van der Waals surface area contributed by atoms with Crippen LogP contribution < -0.4 is 20.5 Å². The Morgan fingerprint density at radius 3 is 2.78 bits per heavy atom. The Balaban J connectivity index is 2.11. The van der Waals surface area contributed by atoms with E-state index in [0.29, 0.717) is 36.0 Å². The number of hydrogen-bond acceptors (Lipinski definition) is 7. The van der Waals surface area contributed by atoms with E-state index in [9.17, 15) is 4.79 Å². The van der Waals surface area contributed by atoms with E-state index in [4.69, 9.17) is 14.6 Å². The van der Waals surface area contributed by atoms with E-state index < -0.39 is 0 Å². The first-order valence-corrected chi connectivity index (χ1v) is 8.98. The van der Waals surface area contributed by atoms with Gasteiger partial charge in [-0.1, -0.05) is 6.92 Å². The van der Waals surface area contributed by atoms with Crippen molar-refractivity contribution in [2.24, 2.45) is 5.10 Å². The molecule has 8 heteroatoms. The van der Waals surface area contributed by atoms with Gasteiger partial charge in [0.25, 0.3) is 5.56 Å². The lowest BCUT2D eigenvalue weighted by Gasteiger charge is -2.11. The van der Waals surface area contributed by atoms with Crippen molar-refractivity contribution in [1.82, 2.24) is 9.97 Å². The van der Waals surface area contributed by atoms with Crippen molar-refractivity contribution in [2.45, 2.75) is 33.6 Å². The third-order valence-corrected chi connectivity index (χ3v) is 3.70. The van der Waals surface area contributed by atoms with Crippen molar-refractivity contribution in [2.75, 3.05) is 25.2 Å². The van der Waals surface area contributed by atoms with Gasteiger partial charge in [-0.05, 0) is 44.0 Å². The van der Waals surface area contributed by atoms with Crippen molar-refractivity contribution in [1.29, 1.82) is 0 Å². The number of aliphatic hydroxyl groups is 1. The highest BCUT2D eigenvalue weighted by Crippen LogP contribution is 2.28. The monoisotopic (exact) mass is 374 g/mol. The normalized spacial score (nSPS) is 11.0. The van der Waals surface area contributed by atoms with Crippen LogP contribution in [0.5, 0.6) is 11.5 Å². The average molecular weight is 374 g/mol. The molecule has 0 bridgehead atoms. The fourth-order valence-corrected chi connectivity index (χ4v) is 2.44. The smallest absolute Gasteiger partial charge is 0.255 e. The fraction of sp³-hybridized carbons (Fsp3) is 0.421. The highest BCUT2D eigenvalue weighted by Gasteiger charge is 2.08. The molecule has 1 aromatic carbocycles. The number of hydrogen-bond donors (Lipinski definition) is 3. The van der Waals surface area contributed by atoms with Gasteiger partial charge in [-0.25, -0.2) is 10.4 Å². The molecule has 8 nitrogen and oxygen atoms in total. The topological polar surface area (TPSA) is 109 Å². The fourth-order valence-electron chi connectivity index (χ4n) is 2.44. The molecule has 27 heavy (non-hydrogen) atoms. The highest BCUT2D eigenvalue weighted by molar-refractivity contribution is 5.81. The van der Waals surface area contributed by atoms with Crippen LogP contribution in [0.15, 0.2) is 28.1 Å². The van der Waals surface area contributed by atoms with Gasteiger partial charge >= 0.3 is 0 Å². The molecule has 1 heterocycles. The number of anilines is 1. The van der Waals surface area contributed by atoms with Crippen molar-refractivity contribution in [3.63, 3.8) is 0 Å². The van der Waals surface area contributed by atoms with Crippen LogP contribution in [0.4, 0.5) is 5.95 Å². The first-order chi connectivity index (χ1) is 13.1. The molecule has 0 atom stereocenters.